The van der Waals surface area contributed by atoms with E-state index in [0.717, 1.165) is 12.3 Å². The second-order valence-corrected chi connectivity index (χ2v) is 4.75. The highest BCUT2D eigenvalue weighted by molar-refractivity contribution is 5.39. The maximum atomic E-state index is 5.51. The lowest BCUT2D eigenvalue weighted by atomic mass is 9.87. The Morgan fingerprint density at radius 1 is 1.50 bits per heavy atom. The van der Waals surface area contributed by atoms with Gasteiger partial charge in [0.15, 0.2) is 0 Å². The fourth-order valence-electron chi connectivity index (χ4n) is 2.52. The first-order chi connectivity index (χ1) is 8.85. The van der Waals surface area contributed by atoms with Crippen LogP contribution in [0, 0.1) is 12.3 Å². The summed E-state index contributed by atoms with van der Waals surface area (Å²) in [6, 6.07) is 6.83. The summed E-state index contributed by atoms with van der Waals surface area (Å²) in [6.45, 7) is 3.61. The summed E-state index contributed by atoms with van der Waals surface area (Å²) in [5.41, 5.74) is 2.84. The third-order valence-electron chi connectivity index (χ3n) is 3.39. The number of hydrogen-bond donors (Lipinski definition) is 1. The first-order valence-corrected chi connectivity index (χ1v) is 6.77. The van der Waals surface area contributed by atoms with Crippen molar-refractivity contribution in [3.63, 3.8) is 0 Å². The lowest BCUT2D eigenvalue weighted by Gasteiger charge is -2.27. The van der Waals surface area contributed by atoms with Crippen molar-refractivity contribution in [2.75, 3.05) is 13.2 Å². The molecule has 0 radical (unpaired) electrons. The van der Waals surface area contributed by atoms with E-state index in [4.69, 9.17) is 11.2 Å². The van der Waals surface area contributed by atoms with Crippen LogP contribution in [0.5, 0.6) is 5.75 Å². The van der Waals surface area contributed by atoms with Crippen LogP contribution >= 0.6 is 0 Å². The highest BCUT2D eigenvalue weighted by atomic mass is 16.5. The number of rotatable bonds is 5. The molecule has 1 aliphatic carbocycles. The summed E-state index contributed by atoms with van der Waals surface area (Å²) in [7, 11) is 0. The van der Waals surface area contributed by atoms with E-state index in [2.05, 4.69) is 30.3 Å². The zero-order valence-electron chi connectivity index (χ0n) is 11.0. The van der Waals surface area contributed by atoms with E-state index in [1.807, 2.05) is 6.07 Å². The molecule has 0 fully saturated rings. The van der Waals surface area contributed by atoms with Gasteiger partial charge in [0.1, 0.15) is 12.4 Å². The fourth-order valence-corrected chi connectivity index (χ4v) is 2.52. The van der Waals surface area contributed by atoms with Crippen molar-refractivity contribution in [1.29, 1.82) is 0 Å². The lowest BCUT2D eigenvalue weighted by molar-refractivity contribution is 0.367. The normalized spacial score (nSPS) is 17.9. The van der Waals surface area contributed by atoms with E-state index in [0.29, 0.717) is 12.6 Å². The molecule has 0 aromatic heterocycles. The summed E-state index contributed by atoms with van der Waals surface area (Å²) in [6.07, 6.45) is 10.0. The van der Waals surface area contributed by atoms with Gasteiger partial charge < -0.3 is 10.1 Å². The standard InChI is InChI=1S/C16H21NO/c1-3-10-17-16-7-5-6-13-8-9-14(12-15(13)16)18-11-4-2/h2,8-9,12,16-17H,3,5-7,10-11H2,1H3. The third kappa shape index (κ3) is 3.05. The SMILES string of the molecule is C#CCOc1ccc2c(c1)C(NCCC)CCC2. The Labute approximate surface area is 110 Å². The van der Waals surface area contributed by atoms with Gasteiger partial charge in [-0.2, -0.15) is 0 Å². The predicted octanol–water partition coefficient (Wildman–Crippen LogP) is 3.08. The van der Waals surface area contributed by atoms with Gasteiger partial charge in [-0.05, 0) is 55.5 Å². The minimum atomic E-state index is 0.339. The molecule has 0 amide bonds. The second kappa shape index (κ2) is 6.47. The van der Waals surface area contributed by atoms with Crippen LogP contribution in [0.2, 0.25) is 0 Å². The van der Waals surface area contributed by atoms with E-state index < -0.39 is 0 Å². The van der Waals surface area contributed by atoms with Gasteiger partial charge in [0, 0.05) is 6.04 Å². The Bertz CT molecular complexity index is 433. The van der Waals surface area contributed by atoms with Crippen LogP contribution in [-0.2, 0) is 6.42 Å². The van der Waals surface area contributed by atoms with Crippen LogP contribution in [0.15, 0.2) is 18.2 Å². The lowest BCUT2D eigenvalue weighted by Crippen LogP contribution is -2.25. The van der Waals surface area contributed by atoms with Gasteiger partial charge in [-0.1, -0.05) is 18.9 Å². The maximum Gasteiger partial charge on any atom is 0.148 e. The first-order valence-electron chi connectivity index (χ1n) is 6.77. The molecule has 2 heteroatoms. The molecule has 1 atom stereocenters. The largest absolute Gasteiger partial charge is 0.481 e. The summed E-state index contributed by atoms with van der Waals surface area (Å²) in [5.74, 6) is 3.39. The van der Waals surface area contributed by atoms with E-state index in [1.165, 1.54) is 36.8 Å². The van der Waals surface area contributed by atoms with Gasteiger partial charge in [-0.15, -0.1) is 6.42 Å². The second-order valence-electron chi connectivity index (χ2n) is 4.75. The first kappa shape index (κ1) is 13.0. The van der Waals surface area contributed by atoms with Gasteiger partial charge >= 0.3 is 0 Å². The Morgan fingerprint density at radius 2 is 2.39 bits per heavy atom. The molecule has 0 saturated heterocycles. The molecule has 1 aliphatic rings. The van der Waals surface area contributed by atoms with Gasteiger partial charge in [0.2, 0.25) is 0 Å². The van der Waals surface area contributed by atoms with Crippen LogP contribution in [-0.4, -0.2) is 13.2 Å². The molecule has 0 bridgehead atoms. The zero-order chi connectivity index (χ0) is 12.8. The molecule has 18 heavy (non-hydrogen) atoms. The summed E-state index contributed by atoms with van der Waals surface area (Å²) in [5, 5.41) is 3.61. The Balaban J connectivity index is 2.15. The Morgan fingerprint density at radius 3 is 3.17 bits per heavy atom. The van der Waals surface area contributed by atoms with Crippen LogP contribution in [0.25, 0.3) is 0 Å². The van der Waals surface area contributed by atoms with Crippen molar-refractivity contribution in [3.8, 4) is 18.1 Å². The molecule has 1 aromatic rings. The summed E-state index contributed by atoms with van der Waals surface area (Å²) < 4.78 is 5.51. The highest BCUT2D eigenvalue weighted by Gasteiger charge is 2.19. The molecule has 0 heterocycles. The van der Waals surface area contributed by atoms with Crippen LogP contribution < -0.4 is 10.1 Å². The number of ether oxygens (including phenoxy) is 1. The molecule has 1 unspecified atom stereocenters. The Kier molecular flexibility index (Phi) is 4.66. The number of aryl methyl sites for hydroxylation is 1. The molecular weight excluding hydrogens is 222 g/mol. The quantitative estimate of drug-likeness (QED) is 0.802. The highest BCUT2D eigenvalue weighted by Crippen LogP contribution is 2.32. The molecule has 96 valence electrons. The van der Waals surface area contributed by atoms with E-state index in [-0.39, 0.29) is 0 Å². The minimum absolute atomic E-state index is 0.339. The number of hydrogen-bond acceptors (Lipinski definition) is 2. The zero-order valence-corrected chi connectivity index (χ0v) is 11.0. The van der Waals surface area contributed by atoms with Crippen molar-refractivity contribution < 1.29 is 4.74 Å². The van der Waals surface area contributed by atoms with Crippen molar-refractivity contribution >= 4 is 0 Å². The van der Waals surface area contributed by atoms with Crippen LogP contribution in [0.1, 0.15) is 43.4 Å². The molecule has 1 aromatic carbocycles. The summed E-state index contributed by atoms with van der Waals surface area (Å²) >= 11 is 0. The van der Waals surface area contributed by atoms with Crippen LogP contribution in [0.4, 0.5) is 0 Å². The minimum Gasteiger partial charge on any atom is -0.481 e. The predicted molar refractivity (Wildman–Crippen MR) is 74.7 cm³/mol. The Hall–Kier alpha value is -1.46. The molecule has 2 rings (SSSR count). The van der Waals surface area contributed by atoms with Gasteiger partial charge in [0.05, 0.1) is 0 Å². The smallest absolute Gasteiger partial charge is 0.148 e. The number of fused-ring (bicyclic) bond motifs is 1. The molecule has 0 saturated carbocycles. The summed E-state index contributed by atoms with van der Waals surface area (Å²) in [4.78, 5) is 0. The number of benzene rings is 1. The van der Waals surface area contributed by atoms with Gasteiger partial charge in [-0.25, -0.2) is 0 Å². The van der Waals surface area contributed by atoms with Crippen molar-refractivity contribution in [2.45, 2.75) is 38.6 Å². The van der Waals surface area contributed by atoms with Gasteiger partial charge in [0.25, 0.3) is 0 Å². The molecule has 0 aliphatic heterocycles. The van der Waals surface area contributed by atoms with E-state index >= 15 is 0 Å². The average molecular weight is 243 g/mol. The topological polar surface area (TPSA) is 21.3 Å². The van der Waals surface area contributed by atoms with Crippen molar-refractivity contribution in [1.82, 2.24) is 5.32 Å². The fraction of sp³-hybridized carbons (Fsp3) is 0.500. The van der Waals surface area contributed by atoms with Crippen molar-refractivity contribution in [2.24, 2.45) is 0 Å². The molecule has 1 N–H and O–H groups in total. The average Bonchev–Trinajstić information content (AvgIpc) is 2.42. The van der Waals surface area contributed by atoms with Crippen molar-refractivity contribution in [3.05, 3.63) is 29.3 Å². The number of terminal acetylenes is 1. The van der Waals surface area contributed by atoms with E-state index in [1.54, 1.807) is 0 Å². The molecule has 2 nitrogen and oxygen atoms in total. The number of nitrogens with one attached hydrogen (secondary N) is 1. The monoisotopic (exact) mass is 243 g/mol. The van der Waals surface area contributed by atoms with Gasteiger partial charge in [-0.3, -0.25) is 0 Å². The van der Waals surface area contributed by atoms with Crippen LogP contribution in [0.3, 0.4) is 0 Å². The third-order valence-corrected chi connectivity index (χ3v) is 3.39. The molecule has 0 spiro atoms. The molecular formula is C16H21NO. The maximum absolute atomic E-state index is 5.51. The van der Waals surface area contributed by atoms with E-state index in [9.17, 15) is 0 Å².